The Hall–Kier alpha value is -0.910. The van der Waals surface area contributed by atoms with Crippen molar-refractivity contribution < 1.29 is 9.90 Å². The summed E-state index contributed by atoms with van der Waals surface area (Å²) in [5.41, 5.74) is 1.32. The number of aliphatic hydroxyl groups excluding tert-OH is 1. The number of amides is 1. The van der Waals surface area contributed by atoms with E-state index in [-0.39, 0.29) is 24.1 Å². The van der Waals surface area contributed by atoms with E-state index in [1.165, 1.54) is 10.4 Å². The standard InChI is InChI=1S/C14H20N2O2S/c1-2-12-10-4-6-19-13(10)3-5-16(12)14(18)11-7-9(17)8-15-11/h4,6,9,11-12,15,17H,2-3,5,7-8H2,1H3. The average molecular weight is 280 g/mol. The van der Waals surface area contributed by atoms with Gasteiger partial charge in [0.2, 0.25) is 5.91 Å². The highest BCUT2D eigenvalue weighted by Crippen LogP contribution is 2.35. The highest BCUT2D eigenvalue weighted by molar-refractivity contribution is 7.10. The molecule has 3 rings (SSSR count). The molecule has 2 aliphatic rings. The second kappa shape index (κ2) is 5.23. The zero-order valence-electron chi connectivity index (χ0n) is 11.1. The molecule has 104 valence electrons. The van der Waals surface area contributed by atoms with Crippen LogP contribution in [-0.2, 0) is 11.2 Å². The predicted molar refractivity (Wildman–Crippen MR) is 75.2 cm³/mol. The molecule has 1 saturated heterocycles. The number of nitrogens with one attached hydrogen (secondary N) is 1. The van der Waals surface area contributed by atoms with Gasteiger partial charge in [0.1, 0.15) is 0 Å². The van der Waals surface area contributed by atoms with Crippen molar-refractivity contribution in [2.75, 3.05) is 13.1 Å². The Morgan fingerprint density at radius 3 is 3.16 bits per heavy atom. The first kappa shape index (κ1) is 13.1. The summed E-state index contributed by atoms with van der Waals surface area (Å²) in [6.07, 6.45) is 2.08. The van der Waals surface area contributed by atoms with Crippen molar-refractivity contribution in [3.8, 4) is 0 Å². The molecule has 0 radical (unpaired) electrons. The van der Waals surface area contributed by atoms with E-state index in [1.807, 2.05) is 4.90 Å². The summed E-state index contributed by atoms with van der Waals surface area (Å²) >= 11 is 1.80. The Balaban J connectivity index is 1.79. The number of rotatable bonds is 2. The molecular weight excluding hydrogens is 260 g/mol. The monoisotopic (exact) mass is 280 g/mol. The summed E-state index contributed by atoms with van der Waals surface area (Å²) in [7, 11) is 0. The topological polar surface area (TPSA) is 52.6 Å². The molecule has 0 spiro atoms. The number of fused-ring (bicyclic) bond motifs is 1. The van der Waals surface area contributed by atoms with Gasteiger partial charge in [-0.15, -0.1) is 11.3 Å². The first-order valence-electron chi connectivity index (χ1n) is 6.99. The van der Waals surface area contributed by atoms with E-state index < -0.39 is 0 Å². The highest BCUT2D eigenvalue weighted by atomic mass is 32.1. The molecule has 3 atom stereocenters. The summed E-state index contributed by atoms with van der Waals surface area (Å²) < 4.78 is 0. The van der Waals surface area contributed by atoms with Crippen LogP contribution in [0.5, 0.6) is 0 Å². The van der Waals surface area contributed by atoms with Gasteiger partial charge in [0, 0.05) is 18.0 Å². The Morgan fingerprint density at radius 1 is 1.63 bits per heavy atom. The van der Waals surface area contributed by atoms with Gasteiger partial charge >= 0.3 is 0 Å². The third-order valence-electron chi connectivity index (χ3n) is 4.17. The molecular formula is C14H20N2O2S. The van der Waals surface area contributed by atoms with E-state index >= 15 is 0 Å². The van der Waals surface area contributed by atoms with Gasteiger partial charge in [-0.2, -0.15) is 0 Å². The molecule has 0 saturated carbocycles. The third kappa shape index (κ3) is 2.30. The zero-order chi connectivity index (χ0) is 13.4. The lowest BCUT2D eigenvalue weighted by Gasteiger charge is -2.37. The van der Waals surface area contributed by atoms with Crippen LogP contribution in [-0.4, -0.2) is 41.1 Å². The second-order valence-electron chi connectivity index (χ2n) is 5.36. The number of hydrogen-bond acceptors (Lipinski definition) is 4. The van der Waals surface area contributed by atoms with Crippen molar-refractivity contribution in [3.63, 3.8) is 0 Å². The van der Waals surface area contributed by atoms with Gasteiger partial charge in [-0.3, -0.25) is 4.79 Å². The number of carbonyl (C=O) groups is 1. The van der Waals surface area contributed by atoms with Crippen LogP contribution < -0.4 is 5.32 Å². The van der Waals surface area contributed by atoms with E-state index in [4.69, 9.17) is 0 Å². The van der Waals surface area contributed by atoms with E-state index in [9.17, 15) is 9.90 Å². The Morgan fingerprint density at radius 2 is 2.47 bits per heavy atom. The van der Waals surface area contributed by atoms with Crippen molar-refractivity contribution >= 4 is 17.2 Å². The molecule has 4 nitrogen and oxygen atoms in total. The Kier molecular flexibility index (Phi) is 3.60. The van der Waals surface area contributed by atoms with Gasteiger partial charge < -0.3 is 15.3 Å². The predicted octanol–water partition coefficient (Wildman–Crippen LogP) is 1.31. The SMILES string of the molecule is CCC1c2ccsc2CCN1C(=O)C1CC(O)CN1. The maximum absolute atomic E-state index is 12.6. The maximum atomic E-state index is 12.6. The minimum atomic E-state index is -0.379. The molecule has 2 aliphatic heterocycles. The van der Waals surface area contributed by atoms with Crippen LogP contribution in [0.15, 0.2) is 11.4 Å². The van der Waals surface area contributed by atoms with Crippen LogP contribution in [0.2, 0.25) is 0 Å². The van der Waals surface area contributed by atoms with Crippen molar-refractivity contribution in [1.29, 1.82) is 0 Å². The van der Waals surface area contributed by atoms with E-state index in [2.05, 4.69) is 23.7 Å². The summed E-state index contributed by atoms with van der Waals surface area (Å²) in [4.78, 5) is 16.0. The largest absolute Gasteiger partial charge is 0.392 e. The third-order valence-corrected chi connectivity index (χ3v) is 5.17. The number of hydrogen-bond donors (Lipinski definition) is 2. The minimum absolute atomic E-state index is 0.153. The molecule has 0 aromatic carbocycles. The van der Waals surface area contributed by atoms with Crippen LogP contribution >= 0.6 is 11.3 Å². The lowest BCUT2D eigenvalue weighted by Crippen LogP contribution is -2.47. The molecule has 1 amide bonds. The molecule has 3 unspecified atom stereocenters. The summed E-state index contributed by atoms with van der Waals surface area (Å²) in [6.45, 7) is 3.47. The lowest BCUT2D eigenvalue weighted by molar-refractivity contribution is -0.136. The zero-order valence-corrected chi connectivity index (χ0v) is 11.9. The molecule has 1 aromatic heterocycles. The average Bonchev–Trinajstić information content (AvgIpc) is 3.04. The molecule has 19 heavy (non-hydrogen) atoms. The smallest absolute Gasteiger partial charge is 0.240 e. The molecule has 3 heterocycles. The highest BCUT2D eigenvalue weighted by Gasteiger charge is 2.36. The number of aliphatic hydroxyl groups is 1. The van der Waals surface area contributed by atoms with Gasteiger partial charge in [0.25, 0.3) is 0 Å². The fourth-order valence-corrected chi connectivity index (χ4v) is 4.13. The van der Waals surface area contributed by atoms with Gasteiger partial charge in [-0.05, 0) is 36.3 Å². The van der Waals surface area contributed by atoms with Crippen molar-refractivity contribution in [1.82, 2.24) is 10.2 Å². The summed E-state index contributed by atoms with van der Waals surface area (Å²) in [5, 5.41) is 14.8. The van der Waals surface area contributed by atoms with Gasteiger partial charge in [-0.25, -0.2) is 0 Å². The molecule has 0 bridgehead atoms. The van der Waals surface area contributed by atoms with Crippen LogP contribution in [0.1, 0.15) is 36.2 Å². The lowest BCUT2D eigenvalue weighted by atomic mass is 9.96. The molecule has 1 fully saturated rings. The molecule has 0 aliphatic carbocycles. The van der Waals surface area contributed by atoms with Crippen LogP contribution in [0.4, 0.5) is 0 Å². The van der Waals surface area contributed by atoms with E-state index in [0.717, 1.165) is 19.4 Å². The van der Waals surface area contributed by atoms with Gasteiger partial charge in [-0.1, -0.05) is 6.92 Å². The Labute approximate surface area is 117 Å². The van der Waals surface area contributed by atoms with Crippen molar-refractivity contribution in [3.05, 3.63) is 21.9 Å². The van der Waals surface area contributed by atoms with E-state index in [1.54, 1.807) is 11.3 Å². The minimum Gasteiger partial charge on any atom is -0.392 e. The maximum Gasteiger partial charge on any atom is 0.240 e. The van der Waals surface area contributed by atoms with Crippen LogP contribution in [0.3, 0.4) is 0 Å². The van der Waals surface area contributed by atoms with Gasteiger partial charge in [0.05, 0.1) is 18.2 Å². The summed E-state index contributed by atoms with van der Waals surface area (Å²) in [6, 6.07) is 2.16. The van der Waals surface area contributed by atoms with Crippen LogP contribution in [0, 0.1) is 0 Å². The van der Waals surface area contributed by atoms with Crippen molar-refractivity contribution in [2.24, 2.45) is 0 Å². The number of β-amino-alcohol motifs (C(OH)–C–C–N with tert-alkyl or cyclic N) is 1. The first-order chi connectivity index (χ1) is 9.20. The van der Waals surface area contributed by atoms with Gasteiger partial charge in [0.15, 0.2) is 0 Å². The quantitative estimate of drug-likeness (QED) is 0.859. The fraction of sp³-hybridized carbons (Fsp3) is 0.643. The first-order valence-corrected chi connectivity index (χ1v) is 7.87. The Bertz CT molecular complexity index is 474. The molecule has 2 N–H and O–H groups in total. The molecule has 1 aromatic rings. The van der Waals surface area contributed by atoms with Crippen molar-refractivity contribution in [2.45, 2.75) is 44.4 Å². The second-order valence-corrected chi connectivity index (χ2v) is 6.36. The van der Waals surface area contributed by atoms with Crippen LogP contribution in [0.25, 0.3) is 0 Å². The fourth-order valence-electron chi connectivity index (χ4n) is 3.21. The normalized spacial score (nSPS) is 30.4. The summed E-state index contributed by atoms with van der Waals surface area (Å²) in [5.74, 6) is 0.153. The number of nitrogens with zero attached hydrogens (tertiary/aromatic N) is 1. The number of carbonyl (C=O) groups excluding carboxylic acids is 1. The number of thiophene rings is 1. The molecule has 5 heteroatoms. The van der Waals surface area contributed by atoms with E-state index in [0.29, 0.717) is 13.0 Å².